The van der Waals surface area contributed by atoms with Gasteiger partial charge in [0.2, 0.25) is 0 Å². The summed E-state index contributed by atoms with van der Waals surface area (Å²) in [5, 5.41) is 3.67. The maximum atomic E-state index is 4.15. The minimum atomic E-state index is 0.711. The minimum absolute atomic E-state index is 0.711. The zero-order chi connectivity index (χ0) is 10.8. The smallest absolute Gasteiger partial charge is 0.0794 e. The molecule has 0 aromatic carbocycles. The molecule has 1 N–H and O–H groups in total. The molecule has 1 aliphatic carbocycles. The molecular weight excluding hydrogens is 218 g/mol. The fraction of sp³-hybridized carbons (Fsp3) is 0.750. The van der Waals surface area contributed by atoms with E-state index in [0.717, 1.165) is 12.6 Å². The molecule has 16 heavy (non-hydrogen) atoms. The van der Waals surface area contributed by atoms with E-state index in [-0.39, 0.29) is 0 Å². The summed E-state index contributed by atoms with van der Waals surface area (Å²) in [5.74, 6) is 0.747. The molecule has 3 nitrogen and oxygen atoms in total. The van der Waals surface area contributed by atoms with Crippen LogP contribution in [0.15, 0.2) is 11.7 Å². The van der Waals surface area contributed by atoms with Crippen LogP contribution in [0.5, 0.6) is 0 Å². The Bertz CT molecular complexity index is 319. The Labute approximate surface area is 101 Å². The summed E-state index contributed by atoms with van der Waals surface area (Å²) in [5.41, 5.74) is 1.94. The minimum Gasteiger partial charge on any atom is -0.301 e. The molecule has 0 spiro atoms. The van der Waals surface area contributed by atoms with Crippen molar-refractivity contribution in [1.29, 1.82) is 0 Å². The molecule has 1 saturated heterocycles. The Hall–Kier alpha value is -0.450. The van der Waals surface area contributed by atoms with E-state index < -0.39 is 0 Å². The van der Waals surface area contributed by atoms with Gasteiger partial charge < -0.3 is 5.32 Å². The van der Waals surface area contributed by atoms with E-state index in [1.807, 2.05) is 11.7 Å². The molecule has 0 bridgehead atoms. The molecule has 2 unspecified atom stereocenters. The van der Waals surface area contributed by atoms with E-state index in [9.17, 15) is 0 Å². The predicted molar refractivity (Wildman–Crippen MR) is 66.7 cm³/mol. The number of piperidine rings is 1. The summed E-state index contributed by atoms with van der Waals surface area (Å²) in [6.45, 7) is 3.65. The lowest BCUT2D eigenvalue weighted by Gasteiger charge is -2.26. The highest BCUT2D eigenvalue weighted by Gasteiger charge is 2.39. The van der Waals surface area contributed by atoms with Crippen LogP contribution in [0.4, 0.5) is 0 Å². The molecule has 1 aromatic rings. The topological polar surface area (TPSA) is 28.2 Å². The third-order valence-corrected chi connectivity index (χ3v) is 4.54. The first-order valence-electron chi connectivity index (χ1n) is 6.27. The molecule has 4 heteroatoms. The van der Waals surface area contributed by atoms with E-state index in [1.165, 1.54) is 43.6 Å². The van der Waals surface area contributed by atoms with Gasteiger partial charge in [-0.25, -0.2) is 0 Å². The summed E-state index contributed by atoms with van der Waals surface area (Å²) in [6, 6.07) is 0.711. The number of nitrogens with one attached hydrogen (secondary N) is 1. The van der Waals surface area contributed by atoms with Crippen molar-refractivity contribution in [2.75, 3.05) is 19.8 Å². The van der Waals surface area contributed by atoms with Gasteiger partial charge in [-0.3, -0.25) is 9.88 Å². The molecule has 2 atom stereocenters. The van der Waals surface area contributed by atoms with Gasteiger partial charge in [-0.05, 0) is 32.4 Å². The number of likely N-dealkylation sites (tertiary alicyclic amines) is 1. The summed E-state index contributed by atoms with van der Waals surface area (Å²) in [7, 11) is 0. The number of hydrogen-bond donors (Lipinski definition) is 1. The fourth-order valence-corrected chi connectivity index (χ4v) is 3.31. The Morgan fingerprint density at radius 1 is 1.38 bits per heavy atom. The summed E-state index contributed by atoms with van der Waals surface area (Å²) >= 11 is 1.79. The van der Waals surface area contributed by atoms with Gasteiger partial charge in [0, 0.05) is 29.7 Å². The second-order valence-corrected chi connectivity index (χ2v) is 5.81. The van der Waals surface area contributed by atoms with Crippen LogP contribution < -0.4 is 5.32 Å². The molecule has 1 aromatic heterocycles. The van der Waals surface area contributed by atoms with Crippen LogP contribution in [0, 0.1) is 0 Å². The summed E-state index contributed by atoms with van der Waals surface area (Å²) in [6.07, 6.45) is 7.51. The van der Waals surface area contributed by atoms with Crippen molar-refractivity contribution in [2.24, 2.45) is 0 Å². The monoisotopic (exact) mass is 237 g/mol. The first-order chi connectivity index (χ1) is 7.93. The van der Waals surface area contributed by atoms with E-state index in [2.05, 4.69) is 15.2 Å². The van der Waals surface area contributed by atoms with Crippen molar-refractivity contribution in [3.8, 4) is 0 Å². The van der Waals surface area contributed by atoms with Crippen LogP contribution in [0.1, 0.15) is 36.5 Å². The van der Waals surface area contributed by atoms with Gasteiger partial charge in [0.1, 0.15) is 0 Å². The van der Waals surface area contributed by atoms with Crippen LogP contribution in [-0.2, 0) is 0 Å². The summed E-state index contributed by atoms with van der Waals surface area (Å²) < 4.78 is 0. The second kappa shape index (κ2) is 4.82. The van der Waals surface area contributed by atoms with Crippen molar-refractivity contribution >= 4 is 11.3 Å². The third-order valence-electron chi connectivity index (χ3n) is 3.63. The molecule has 0 amide bonds. The lowest BCUT2D eigenvalue weighted by molar-refractivity contribution is 0.211. The molecule has 3 rings (SSSR count). The third kappa shape index (κ3) is 2.44. The summed E-state index contributed by atoms with van der Waals surface area (Å²) in [4.78, 5) is 8.15. The van der Waals surface area contributed by atoms with Crippen LogP contribution in [0.3, 0.4) is 0 Å². The van der Waals surface area contributed by atoms with Gasteiger partial charge in [0.05, 0.1) is 5.51 Å². The van der Waals surface area contributed by atoms with Gasteiger partial charge in [-0.15, -0.1) is 11.3 Å². The Balaban J connectivity index is 1.41. The Morgan fingerprint density at radius 3 is 3.00 bits per heavy atom. The average Bonchev–Trinajstić information content (AvgIpc) is 2.90. The Morgan fingerprint density at radius 2 is 2.25 bits per heavy atom. The molecule has 0 radical (unpaired) electrons. The van der Waals surface area contributed by atoms with E-state index in [4.69, 9.17) is 0 Å². The van der Waals surface area contributed by atoms with Crippen LogP contribution in [0.2, 0.25) is 0 Å². The van der Waals surface area contributed by atoms with Crippen molar-refractivity contribution in [3.05, 3.63) is 16.6 Å². The molecule has 2 heterocycles. The number of hydrogen-bond acceptors (Lipinski definition) is 4. The first-order valence-corrected chi connectivity index (χ1v) is 7.15. The predicted octanol–water partition coefficient (Wildman–Crippen LogP) is 2.03. The zero-order valence-electron chi connectivity index (χ0n) is 9.56. The molecule has 2 fully saturated rings. The quantitative estimate of drug-likeness (QED) is 0.868. The van der Waals surface area contributed by atoms with Crippen LogP contribution in [-0.4, -0.2) is 35.7 Å². The highest BCUT2D eigenvalue weighted by atomic mass is 32.1. The van der Waals surface area contributed by atoms with Crippen molar-refractivity contribution in [2.45, 2.75) is 37.6 Å². The maximum Gasteiger partial charge on any atom is 0.0794 e. The van der Waals surface area contributed by atoms with Crippen molar-refractivity contribution in [3.63, 3.8) is 0 Å². The van der Waals surface area contributed by atoms with E-state index >= 15 is 0 Å². The number of aromatic nitrogens is 1. The van der Waals surface area contributed by atoms with Gasteiger partial charge >= 0.3 is 0 Å². The second-order valence-electron chi connectivity index (χ2n) is 4.89. The van der Waals surface area contributed by atoms with Gasteiger partial charge in [-0.2, -0.15) is 0 Å². The first kappa shape index (κ1) is 10.7. The van der Waals surface area contributed by atoms with Crippen LogP contribution >= 0.6 is 11.3 Å². The lowest BCUT2D eigenvalue weighted by atomic mass is 10.1. The fourth-order valence-electron chi connectivity index (χ4n) is 2.51. The molecular formula is C12H19N3S. The molecule has 1 saturated carbocycles. The molecule has 2 aliphatic rings. The average molecular weight is 237 g/mol. The molecule has 1 aliphatic heterocycles. The largest absolute Gasteiger partial charge is 0.301 e. The van der Waals surface area contributed by atoms with Gasteiger partial charge in [0.25, 0.3) is 0 Å². The van der Waals surface area contributed by atoms with Crippen LogP contribution in [0.25, 0.3) is 0 Å². The normalized spacial score (nSPS) is 30.5. The Kier molecular flexibility index (Phi) is 3.22. The van der Waals surface area contributed by atoms with Crippen molar-refractivity contribution in [1.82, 2.24) is 15.2 Å². The maximum absolute atomic E-state index is 4.15. The number of thiazole rings is 1. The molecule has 88 valence electrons. The van der Waals surface area contributed by atoms with Gasteiger partial charge in [-0.1, -0.05) is 6.42 Å². The van der Waals surface area contributed by atoms with Gasteiger partial charge in [0.15, 0.2) is 0 Å². The van der Waals surface area contributed by atoms with Crippen molar-refractivity contribution < 1.29 is 0 Å². The number of nitrogens with zero attached hydrogens (tertiary/aromatic N) is 2. The lowest BCUT2D eigenvalue weighted by Crippen LogP contribution is -2.38. The van der Waals surface area contributed by atoms with E-state index in [0.29, 0.717) is 6.04 Å². The SMILES string of the molecule is c1ncc(C2CC2NCN2CCCCC2)s1. The highest BCUT2D eigenvalue weighted by Crippen LogP contribution is 2.42. The highest BCUT2D eigenvalue weighted by molar-refractivity contribution is 7.09. The van der Waals surface area contributed by atoms with E-state index in [1.54, 1.807) is 11.3 Å². The standard InChI is InChI=1S/C12H19N3S/c1-2-4-15(5-3-1)8-14-11-6-10(11)12-7-13-9-16-12/h7,9-11,14H,1-6,8H2. The number of rotatable bonds is 4. The zero-order valence-corrected chi connectivity index (χ0v) is 10.4.